The van der Waals surface area contributed by atoms with Crippen LogP contribution < -0.4 is 10.5 Å². The zero-order valence-electron chi connectivity index (χ0n) is 10.5. The van der Waals surface area contributed by atoms with Crippen LogP contribution in [-0.4, -0.2) is 32.1 Å². The van der Waals surface area contributed by atoms with E-state index < -0.39 is 0 Å². The summed E-state index contributed by atoms with van der Waals surface area (Å²) in [5, 5.41) is 0. The number of benzene rings is 1. The Morgan fingerprint density at radius 3 is 2.62 bits per heavy atom. The summed E-state index contributed by atoms with van der Waals surface area (Å²) in [5.74, 6) is 0.802. The van der Waals surface area contributed by atoms with E-state index >= 15 is 0 Å². The summed E-state index contributed by atoms with van der Waals surface area (Å²) < 4.78 is 5.64. The van der Waals surface area contributed by atoms with E-state index in [2.05, 4.69) is 32.0 Å². The van der Waals surface area contributed by atoms with Crippen LogP contribution in [0.1, 0.15) is 18.9 Å². The van der Waals surface area contributed by atoms with Crippen LogP contribution in [0.3, 0.4) is 0 Å². The van der Waals surface area contributed by atoms with Crippen molar-refractivity contribution in [3.05, 3.63) is 23.8 Å². The van der Waals surface area contributed by atoms with E-state index in [1.54, 1.807) is 0 Å². The van der Waals surface area contributed by atoms with Gasteiger partial charge in [-0.05, 0) is 44.6 Å². The van der Waals surface area contributed by atoms with E-state index in [1.807, 2.05) is 12.1 Å². The summed E-state index contributed by atoms with van der Waals surface area (Å²) in [5.41, 5.74) is 7.89. The molecule has 0 aromatic heterocycles. The number of rotatable bonds is 6. The first-order valence-electron chi connectivity index (χ1n) is 5.79. The van der Waals surface area contributed by atoms with Crippen LogP contribution in [-0.2, 0) is 6.42 Å². The third kappa shape index (κ3) is 4.11. The fourth-order valence-electron chi connectivity index (χ4n) is 1.51. The lowest BCUT2D eigenvalue weighted by molar-refractivity contribution is 0.283. The minimum Gasteiger partial charge on any atom is -0.491 e. The molecule has 3 heteroatoms. The molecule has 90 valence electrons. The van der Waals surface area contributed by atoms with Gasteiger partial charge < -0.3 is 15.4 Å². The molecule has 1 aromatic carbocycles. The maximum atomic E-state index is 5.90. The molecule has 0 heterocycles. The first kappa shape index (κ1) is 12.8. The Hall–Kier alpha value is -1.22. The van der Waals surface area contributed by atoms with Crippen LogP contribution in [0.2, 0.25) is 0 Å². The van der Waals surface area contributed by atoms with Crippen molar-refractivity contribution in [2.45, 2.75) is 19.8 Å². The molecule has 3 nitrogen and oxygen atoms in total. The summed E-state index contributed by atoms with van der Waals surface area (Å²) >= 11 is 0. The predicted molar refractivity (Wildman–Crippen MR) is 68.9 cm³/mol. The number of nitrogen functional groups attached to an aromatic ring is 1. The molecule has 1 aromatic rings. The molecule has 0 spiro atoms. The second-order valence-corrected chi connectivity index (χ2v) is 4.23. The Morgan fingerprint density at radius 2 is 2.06 bits per heavy atom. The van der Waals surface area contributed by atoms with Gasteiger partial charge in [-0.15, -0.1) is 0 Å². The van der Waals surface area contributed by atoms with Gasteiger partial charge >= 0.3 is 0 Å². The van der Waals surface area contributed by atoms with Gasteiger partial charge in [-0.25, -0.2) is 0 Å². The molecule has 0 unspecified atom stereocenters. The Bertz CT molecular complexity index is 324. The first-order valence-corrected chi connectivity index (χ1v) is 5.79. The average Bonchev–Trinajstić information content (AvgIpc) is 2.25. The maximum absolute atomic E-state index is 5.90. The molecule has 0 aliphatic heterocycles. The van der Waals surface area contributed by atoms with E-state index in [0.717, 1.165) is 30.8 Å². The van der Waals surface area contributed by atoms with Crippen LogP contribution in [0.5, 0.6) is 5.75 Å². The SMILES string of the molecule is CCc1ccc(OCCCN(C)C)c(N)c1. The topological polar surface area (TPSA) is 38.5 Å². The maximum Gasteiger partial charge on any atom is 0.142 e. The Kier molecular flexibility index (Phi) is 5.12. The van der Waals surface area contributed by atoms with Crippen LogP contribution >= 0.6 is 0 Å². The Labute approximate surface area is 98.2 Å². The molecule has 0 bridgehead atoms. The van der Waals surface area contributed by atoms with Gasteiger partial charge in [0.05, 0.1) is 12.3 Å². The van der Waals surface area contributed by atoms with Crippen LogP contribution in [0, 0.1) is 0 Å². The lowest BCUT2D eigenvalue weighted by Gasteiger charge is -2.12. The highest BCUT2D eigenvalue weighted by Gasteiger charge is 2.01. The minimum atomic E-state index is 0.716. The van der Waals surface area contributed by atoms with Crippen molar-refractivity contribution in [2.75, 3.05) is 33.0 Å². The van der Waals surface area contributed by atoms with Crippen molar-refractivity contribution >= 4 is 5.69 Å². The van der Waals surface area contributed by atoms with Gasteiger partial charge in [-0.1, -0.05) is 13.0 Å². The van der Waals surface area contributed by atoms with E-state index in [0.29, 0.717) is 6.61 Å². The van der Waals surface area contributed by atoms with E-state index in [1.165, 1.54) is 5.56 Å². The summed E-state index contributed by atoms with van der Waals surface area (Å²) in [6, 6.07) is 6.02. The zero-order valence-corrected chi connectivity index (χ0v) is 10.5. The number of aryl methyl sites for hydroxylation is 1. The van der Waals surface area contributed by atoms with Crippen molar-refractivity contribution in [1.82, 2.24) is 4.90 Å². The van der Waals surface area contributed by atoms with Crippen LogP contribution in [0.4, 0.5) is 5.69 Å². The van der Waals surface area contributed by atoms with Gasteiger partial charge in [0.15, 0.2) is 0 Å². The Morgan fingerprint density at radius 1 is 1.31 bits per heavy atom. The summed E-state index contributed by atoms with van der Waals surface area (Å²) in [6.07, 6.45) is 2.02. The minimum absolute atomic E-state index is 0.716. The Balaban J connectivity index is 2.42. The van der Waals surface area contributed by atoms with Crippen molar-refractivity contribution in [1.29, 1.82) is 0 Å². The molecule has 0 saturated carbocycles. The van der Waals surface area contributed by atoms with Crippen LogP contribution in [0.15, 0.2) is 18.2 Å². The first-order chi connectivity index (χ1) is 7.63. The highest BCUT2D eigenvalue weighted by Crippen LogP contribution is 2.22. The quantitative estimate of drug-likeness (QED) is 0.592. The molecular weight excluding hydrogens is 200 g/mol. The zero-order chi connectivity index (χ0) is 12.0. The van der Waals surface area contributed by atoms with Crippen molar-refractivity contribution in [3.63, 3.8) is 0 Å². The van der Waals surface area contributed by atoms with Crippen molar-refractivity contribution < 1.29 is 4.74 Å². The van der Waals surface area contributed by atoms with E-state index in [9.17, 15) is 0 Å². The number of hydrogen-bond acceptors (Lipinski definition) is 3. The van der Waals surface area contributed by atoms with Crippen molar-refractivity contribution in [3.8, 4) is 5.75 Å². The smallest absolute Gasteiger partial charge is 0.142 e. The molecule has 0 aliphatic carbocycles. The van der Waals surface area contributed by atoms with Gasteiger partial charge in [-0.2, -0.15) is 0 Å². The van der Waals surface area contributed by atoms with Gasteiger partial charge in [0.2, 0.25) is 0 Å². The molecule has 0 amide bonds. The highest BCUT2D eigenvalue weighted by atomic mass is 16.5. The molecular formula is C13H22N2O. The van der Waals surface area contributed by atoms with Gasteiger partial charge in [0.1, 0.15) is 5.75 Å². The van der Waals surface area contributed by atoms with E-state index in [4.69, 9.17) is 10.5 Å². The largest absolute Gasteiger partial charge is 0.491 e. The molecule has 2 N–H and O–H groups in total. The predicted octanol–water partition coefficient (Wildman–Crippen LogP) is 2.16. The summed E-state index contributed by atoms with van der Waals surface area (Å²) in [4.78, 5) is 2.15. The third-order valence-electron chi connectivity index (χ3n) is 2.49. The van der Waals surface area contributed by atoms with Gasteiger partial charge in [0, 0.05) is 6.54 Å². The number of anilines is 1. The molecule has 1 rings (SSSR count). The molecule has 16 heavy (non-hydrogen) atoms. The fraction of sp³-hybridized carbons (Fsp3) is 0.538. The highest BCUT2D eigenvalue weighted by molar-refractivity contribution is 5.54. The number of nitrogens with zero attached hydrogens (tertiary/aromatic N) is 1. The second-order valence-electron chi connectivity index (χ2n) is 4.23. The molecule has 0 aliphatic rings. The summed E-state index contributed by atoms with van der Waals surface area (Å²) in [7, 11) is 4.12. The fourth-order valence-corrected chi connectivity index (χ4v) is 1.51. The molecule has 0 radical (unpaired) electrons. The third-order valence-corrected chi connectivity index (χ3v) is 2.49. The normalized spacial score (nSPS) is 10.8. The monoisotopic (exact) mass is 222 g/mol. The molecule has 0 atom stereocenters. The standard InChI is InChI=1S/C13H22N2O/c1-4-11-6-7-13(12(14)10-11)16-9-5-8-15(2)3/h6-7,10H,4-5,8-9,14H2,1-3H3. The summed E-state index contributed by atoms with van der Waals surface area (Å²) in [6.45, 7) is 3.87. The second kappa shape index (κ2) is 6.38. The number of nitrogens with two attached hydrogens (primary N) is 1. The average molecular weight is 222 g/mol. The number of hydrogen-bond donors (Lipinski definition) is 1. The molecule has 0 fully saturated rings. The number of ether oxygens (including phenoxy) is 1. The molecule has 0 saturated heterocycles. The van der Waals surface area contributed by atoms with Crippen LogP contribution in [0.25, 0.3) is 0 Å². The lowest BCUT2D eigenvalue weighted by Crippen LogP contribution is -2.15. The van der Waals surface area contributed by atoms with Gasteiger partial charge in [-0.3, -0.25) is 0 Å². The van der Waals surface area contributed by atoms with E-state index in [-0.39, 0.29) is 0 Å². The van der Waals surface area contributed by atoms with Gasteiger partial charge in [0.25, 0.3) is 0 Å². The lowest BCUT2D eigenvalue weighted by atomic mass is 10.1. The van der Waals surface area contributed by atoms with Crippen molar-refractivity contribution in [2.24, 2.45) is 0 Å².